The van der Waals surface area contributed by atoms with E-state index in [1.807, 2.05) is 13.8 Å². The van der Waals surface area contributed by atoms with Crippen molar-refractivity contribution in [2.24, 2.45) is 0 Å². The van der Waals surface area contributed by atoms with Crippen LogP contribution in [0.15, 0.2) is 6.33 Å². The van der Waals surface area contributed by atoms with Crippen molar-refractivity contribution in [2.75, 3.05) is 23.7 Å². The zero-order chi connectivity index (χ0) is 15.7. The monoisotopic (exact) mass is 293 g/mol. The van der Waals surface area contributed by atoms with Crippen LogP contribution in [0.25, 0.3) is 0 Å². The minimum absolute atomic E-state index is 0.0629. The Bertz CT molecular complexity index is 450. The van der Waals surface area contributed by atoms with Gasteiger partial charge in [-0.25, -0.2) is 9.97 Å². The van der Waals surface area contributed by atoms with Crippen LogP contribution in [0, 0.1) is 6.92 Å². The molecule has 3 N–H and O–H groups in total. The highest BCUT2D eigenvalue weighted by atomic mass is 16.1. The van der Waals surface area contributed by atoms with Gasteiger partial charge in [0.25, 0.3) is 0 Å². The molecule has 0 aliphatic rings. The molecule has 0 spiro atoms. The van der Waals surface area contributed by atoms with Crippen molar-refractivity contribution in [1.29, 1.82) is 0 Å². The summed E-state index contributed by atoms with van der Waals surface area (Å²) in [5, 5.41) is 9.41. The third kappa shape index (κ3) is 5.97. The van der Waals surface area contributed by atoms with E-state index < -0.39 is 0 Å². The summed E-state index contributed by atoms with van der Waals surface area (Å²) in [5.74, 6) is 1.69. The second-order valence-corrected chi connectivity index (χ2v) is 5.18. The maximum Gasteiger partial charge on any atom is 0.221 e. The molecule has 1 atom stereocenters. The van der Waals surface area contributed by atoms with Gasteiger partial charge in [-0.15, -0.1) is 0 Å². The van der Waals surface area contributed by atoms with E-state index in [9.17, 15) is 4.79 Å². The summed E-state index contributed by atoms with van der Waals surface area (Å²) in [6.07, 6.45) is 3.96. The molecule has 0 radical (unpaired) electrons. The fraction of sp³-hybridized carbons (Fsp3) is 0.667. The van der Waals surface area contributed by atoms with Crippen LogP contribution in [0.2, 0.25) is 0 Å². The fourth-order valence-electron chi connectivity index (χ4n) is 1.79. The lowest BCUT2D eigenvalue weighted by Crippen LogP contribution is -2.33. The van der Waals surface area contributed by atoms with Crippen LogP contribution >= 0.6 is 0 Å². The predicted molar refractivity (Wildman–Crippen MR) is 86.6 cm³/mol. The van der Waals surface area contributed by atoms with Gasteiger partial charge >= 0.3 is 0 Å². The molecule has 0 aliphatic heterocycles. The number of carbonyl (C=O) groups is 1. The molecule has 0 aliphatic carbocycles. The zero-order valence-electron chi connectivity index (χ0n) is 13.5. The number of nitrogens with one attached hydrogen (secondary N) is 3. The summed E-state index contributed by atoms with van der Waals surface area (Å²) >= 11 is 0. The summed E-state index contributed by atoms with van der Waals surface area (Å²) in [6, 6.07) is 0.225. The molecule has 0 bridgehead atoms. The zero-order valence-corrected chi connectivity index (χ0v) is 13.5. The maximum atomic E-state index is 11.7. The number of rotatable bonds is 9. The van der Waals surface area contributed by atoms with Gasteiger partial charge in [0, 0.05) is 31.1 Å². The summed E-state index contributed by atoms with van der Waals surface area (Å²) < 4.78 is 0. The Hall–Kier alpha value is -1.85. The molecule has 6 nitrogen and oxygen atoms in total. The van der Waals surface area contributed by atoms with E-state index in [1.165, 1.54) is 6.33 Å². The van der Waals surface area contributed by atoms with Gasteiger partial charge in [-0.2, -0.15) is 0 Å². The van der Waals surface area contributed by atoms with Crippen LogP contribution in [0.5, 0.6) is 0 Å². The van der Waals surface area contributed by atoms with E-state index in [1.54, 1.807) is 0 Å². The van der Waals surface area contributed by atoms with Crippen LogP contribution in [0.3, 0.4) is 0 Å². The molecular formula is C15H27N5O. The standard InChI is InChI=1S/C15H27N5O/c1-5-8-16-14-12(4)15(19-10-18-14)17-9-7-13(21)20-11(3)6-2/h10-11H,5-9H2,1-4H3,(H,20,21)(H2,16,17,18,19). The van der Waals surface area contributed by atoms with E-state index in [0.29, 0.717) is 13.0 Å². The van der Waals surface area contributed by atoms with Crippen molar-refractivity contribution in [3.8, 4) is 0 Å². The Kier molecular flexibility index (Phi) is 7.50. The van der Waals surface area contributed by atoms with E-state index >= 15 is 0 Å². The van der Waals surface area contributed by atoms with E-state index in [-0.39, 0.29) is 11.9 Å². The van der Waals surface area contributed by atoms with Crippen LogP contribution < -0.4 is 16.0 Å². The van der Waals surface area contributed by atoms with Crippen LogP contribution in [-0.2, 0) is 4.79 Å². The molecule has 0 fully saturated rings. The van der Waals surface area contributed by atoms with Gasteiger partial charge in [0.15, 0.2) is 0 Å². The van der Waals surface area contributed by atoms with Gasteiger partial charge in [0.2, 0.25) is 5.91 Å². The van der Waals surface area contributed by atoms with Crippen molar-refractivity contribution in [2.45, 2.75) is 53.0 Å². The second kappa shape index (κ2) is 9.15. The Labute approximate surface area is 127 Å². The quantitative estimate of drug-likeness (QED) is 0.651. The lowest BCUT2D eigenvalue weighted by molar-refractivity contribution is -0.121. The number of hydrogen-bond donors (Lipinski definition) is 3. The number of anilines is 2. The molecule has 1 aromatic heterocycles. The number of carbonyl (C=O) groups excluding carboxylic acids is 1. The van der Waals surface area contributed by atoms with Crippen molar-refractivity contribution in [1.82, 2.24) is 15.3 Å². The fourth-order valence-corrected chi connectivity index (χ4v) is 1.79. The third-order valence-corrected chi connectivity index (χ3v) is 3.29. The Morgan fingerprint density at radius 1 is 1.19 bits per heavy atom. The lowest BCUT2D eigenvalue weighted by Gasteiger charge is -2.13. The molecule has 6 heteroatoms. The molecule has 118 valence electrons. The van der Waals surface area contributed by atoms with Crippen LogP contribution in [-0.4, -0.2) is 35.0 Å². The summed E-state index contributed by atoms with van der Waals surface area (Å²) in [5.41, 5.74) is 0.980. The third-order valence-electron chi connectivity index (χ3n) is 3.29. The number of amides is 1. The van der Waals surface area contributed by atoms with Gasteiger partial charge in [-0.1, -0.05) is 13.8 Å². The molecule has 1 amide bonds. The summed E-state index contributed by atoms with van der Waals surface area (Å²) in [7, 11) is 0. The van der Waals surface area contributed by atoms with Crippen LogP contribution in [0.4, 0.5) is 11.6 Å². The number of aromatic nitrogens is 2. The largest absolute Gasteiger partial charge is 0.370 e. The molecule has 1 rings (SSSR count). The highest BCUT2D eigenvalue weighted by Crippen LogP contribution is 2.17. The Morgan fingerprint density at radius 2 is 1.81 bits per heavy atom. The first-order valence-electron chi connectivity index (χ1n) is 7.67. The van der Waals surface area contributed by atoms with Crippen molar-refractivity contribution >= 4 is 17.5 Å². The minimum Gasteiger partial charge on any atom is -0.370 e. The first kappa shape index (κ1) is 17.2. The molecule has 21 heavy (non-hydrogen) atoms. The van der Waals surface area contributed by atoms with Gasteiger partial charge < -0.3 is 16.0 Å². The van der Waals surface area contributed by atoms with Crippen molar-refractivity contribution < 1.29 is 4.79 Å². The van der Waals surface area contributed by atoms with Gasteiger partial charge in [-0.05, 0) is 26.7 Å². The smallest absolute Gasteiger partial charge is 0.221 e. The average Bonchev–Trinajstić information content (AvgIpc) is 2.47. The molecule has 0 saturated heterocycles. The normalized spacial score (nSPS) is 11.8. The molecule has 0 aromatic carbocycles. The first-order chi connectivity index (χ1) is 10.1. The summed E-state index contributed by atoms with van der Waals surface area (Å²) in [4.78, 5) is 20.2. The van der Waals surface area contributed by atoms with Gasteiger partial charge in [0.05, 0.1) is 0 Å². The SMILES string of the molecule is CCCNc1ncnc(NCCC(=O)NC(C)CC)c1C. The van der Waals surface area contributed by atoms with Crippen LogP contribution in [0.1, 0.15) is 45.6 Å². The molecule has 1 unspecified atom stereocenters. The minimum atomic E-state index is 0.0629. The molecule has 1 aromatic rings. The van der Waals surface area contributed by atoms with Crippen molar-refractivity contribution in [3.05, 3.63) is 11.9 Å². The number of hydrogen-bond acceptors (Lipinski definition) is 5. The van der Waals surface area contributed by atoms with E-state index in [4.69, 9.17) is 0 Å². The molecular weight excluding hydrogens is 266 g/mol. The summed E-state index contributed by atoms with van der Waals surface area (Å²) in [6.45, 7) is 9.59. The Morgan fingerprint density at radius 3 is 2.38 bits per heavy atom. The molecule has 1 heterocycles. The van der Waals surface area contributed by atoms with E-state index in [0.717, 1.165) is 36.6 Å². The Balaban J connectivity index is 2.46. The van der Waals surface area contributed by atoms with Gasteiger partial charge in [-0.3, -0.25) is 4.79 Å². The average molecular weight is 293 g/mol. The van der Waals surface area contributed by atoms with Gasteiger partial charge in [0.1, 0.15) is 18.0 Å². The van der Waals surface area contributed by atoms with E-state index in [2.05, 4.69) is 39.8 Å². The first-order valence-corrected chi connectivity index (χ1v) is 7.67. The van der Waals surface area contributed by atoms with Crippen molar-refractivity contribution in [3.63, 3.8) is 0 Å². The topological polar surface area (TPSA) is 78.9 Å². The molecule has 0 saturated carbocycles. The second-order valence-electron chi connectivity index (χ2n) is 5.18. The predicted octanol–water partition coefficient (Wildman–Crippen LogP) is 2.32. The lowest BCUT2D eigenvalue weighted by atomic mass is 10.2. The maximum absolute atomic E-state index is 11.7. The number of nitrogens with zero attached hydrogens (tertiary/aromatic N) is 2. The highest BCUT2D eigenvalue weighted by Gasteiger charge is 2.08. The highest BCUT2D eigenvalue weighted by molar-refractivity contribution is 5.76.